The van der Waals surface area contributed by atoms with Crippen LogP contribution in [0.4, 0.5) is 0 Å². The third kappa shape index (κ3) is 8.38. The lowest BCUT2D eigenvalue weighted by molar-refractivity contribution is -0.128. The number of hydrogen-bond acceptors (Lipinski definition) is 3. The van der Waals surface area contributed by atoms with Gasteiger partial charge in [-0.15, -0.1) is 12.4 Å². The lowest BCUT2D eigenvalue weighted by atomic mass is 9.88. The number of carbonyl (C=O) groups is 2. The molecule has 0 aliphatic rings. The highest BCUT2D eigenvalue weighted by Crippen LogP contribution is 2.17. The maximum absolute atomic E-state index is 11.8. The number of amides is 2. The summed E-state index contributed by atoms with van der Waals surface area (Å²) in [6.07, 6.45) is 0.401. The first-order chi connectivity index (χ1) is 8.50. The van der Waals surface area contributed by atoms with Gasteiger partial charge in [-0.2, -0.15) is 0 Å². The molecule has 0 saturated carbocycles. The van der Waals surface area contributed by atoms with Gasteiger partial charge in [-0.3, -0.25) is 9.59 Å². The summed E-state index contributed by atoms with van der Waals surface area (Å²) in [5.41, 5.74) is 5.18. The van der Waals surface area contributed by atoms with Crippen LogP contribution in [0.1, 0.15) is 48.0 Å². The molecule has 0 aromatic rings. The molecule has 120 valence electrons. The van der Waals surface area contributed by atoms with Gasteiger partial charge >= 0.3 is 0 Å². The summed E-state index contributed by atoms with van der Waals surface area (Å²) in [5, 5.41) is 5.51. The van der Waals surface area contributed by atoms with Crippen molar-refractivity contribution in [3.8, 4) is 0 Å². The average Bonchev–Trinajstić information content (AvgIpc) is 2.23. The molecule has 0 heterocycles. The Bertz CT molecular complexity index is 327. The first-order valence-corrected chi connectivity index (χ1v) is 6.78. The minimum atomic E-state index is -0.439. The topological polar surface area (TPSA) is 84.2 Å². The fourth-order valence-corrected chi connectivity index (χ4v) is 1.52. The van der Waals surface area contributed by atoms with E-state index in [1.807, 2.05) is 41.5 Å². The second kappa shape index (κ2) is 8.47. The van der Waals surface area contributed by atoms with Gasteiger partial charge in [0.05, 0.1) is 12.1 Å². The number of rotatable bonds is 6. The third-order valence-electron chi connectivity index (χ3n) is 3.26. The molecule has 2 amide bonds. The van der Waals surface area contributed by atoms with Crippen LogP contribution < -0.4 is 16.4 Å². The Balaban J connectivity index is 0. The lowest BCUT2D eigenvalue weighted by Crippen LogP contribution is -2.56. The molecule has 0 fully saturated rings. The fraction of sp³-hybridized carbons (Fsp3) is 0.857. The SMILES string of the molecule is CC(C)C(C)(CN)NC(=O)CNC(=O)CC(C)(C)C.Cl. The molecular weight excluding hydrogens is 278 g/mol. The summed E-state index contributed by atoms with van der Waals surface area (Å²) in [4.78, 5) is 23.4. The Morgan fingerprint density at radius 1 is 1.10 bits per heavy atom. The zero-order valence-corrected chi connectivity index (χ0v) is 14.3. The second-order valence-electron chi connectivity index (χ2n) is 6.84. The van der Waals surface area contributed by atoms with Gasteiger partial charge in [0.15, 0.2) is 0 Å². The molecule has 0 saturated heterocycles. The summed E-state index contributed by atoms with van der Waals surface area (Å²) in [5.74, 6) is -0.0858. The van der Waals surface area contributed by atoms with Crippen LogP contribution in [0.25, 0.3) is 0 Å². The van der Waals surface area contributed by atoms with Crippen LogP contribution in [-0.2, 0) is 9.59 Å². The molecule has 5 nitrogen and oxygen atoms in total. The quantitative estimate of drug-likeness (QED) is 0.694. The maximum Gasteiger partial charge on any atom is 0.239 e. The van der Waals surface area contributed by atoms with Gasteiger partial charge in [0.2, 0.25) is 11.8 Å². The fourth-order valence-electron chi connectivity index (χ4n) is 1.52. The van der Waals surface area contributed by atoms with Crippen molar-refractivity contribution in [1.29, 1.82) is 0 Å². The van der Waals surface area contributed by atoms with Crippen molar-refractivity contribution < 1.29 is 9.59 Å². The molecule has 0 aliphatic heterocycles. The zero-order chi connectivity index (χ0) is 15.3. The van der Waals surface area contributed by atoms with Gasteiger partial charge in [0, 0.05) is 13.0 Å². The van der Waals surface area contributed by atoms with Crippen LogP contribution in [0.3, 0.4) is 0 Å². The summed E-state index contributed by atoms with van der Waals surface area (Å²) < 4.78 is 0. The third-order valence-corrected chi connectivity index (χ3v) is 3.26. The van der Waals surface area contributed by atoms with Crippen LogP contribution in [0.2, 0.25) is 0 Å². The molecular formula is C14H30ClN3O2. The molecule has 0 radical (unpaired) electrons. The van der Waals surface area contributed by atoms with E-state index in [9.17, 15) is 9.59 Å². The molecule has 0 aromatic carbocycles. The Labute approximate surface area is 128 Å². The Morgan fingerprint density at radius 2 is 1.60 bits per heavy atom. The number of nitrogens with one attached hydrogen (secondary N) is 2. The van der Waals surface area contributed by atoms with Crippen LogP contribution in [0.5, 0.6) is 0 Å². The van der Waals surface area contributed by atoms with Crippen molar-refractivity contribution >= 4 is 24.2 Å². The van der Waals surface area contributed by atoms with Gasteiger partial charge < -0.3 is 16.4 Å². The summed E-state index contributed by atoms with van der Waals surface area (Å²) >= 11 is 0. The van der Waals surface area contributed by atoms with E-state index in [1.165, 1.54) is 0 Å². The zero-order valence-electron chi connectivity index (χ0n) is 13.5. The molecule has 0 aromatic heterocycles. The Kier molecular flexibility index (Phi) is 9.10. The van der Waals surface area contributed by atoms with Crippen LogP contribution >= 0.6 is 12.4 Å². The van der Waals surface area contributed by atoms with Gasteiger partial charge in [-0.1, -0.05) is 34.6 Å². The summed E-state index contributed by atoms with van der Waals surface area (Å²) in [6, 6.07) is 0. The second-order valence-corrected chi connectivity index (χ2v) is 6.84. The van der Waals surface area contributed by atoms with Crippen molar-refractivity contribution in [3.05, 3.63) is 0 Å². The minimum absolute atomic E-state index is 0. The van der Waals surface area contributed by atoms with E-state index in [-0.39, 0.29) is 42.1 Å². The van der Waals surface area contributed by atoms with Crippen LogP contribution in [0.15, 0.2) is 0 Å². The predicted molar refractivity (Wildman–Crippen MR) is 84.8 cm³/mol. The standard InChI is InChI=1S/C14H29N3O2.ClH/c1-10(2)14(6,9-15)17-12(19)8-16-11(18)7-13(3,4)5;/h10H,7-9,15H2,1-6H3,(H,16,18)(H,17,19);1H. The van der Waals surface area contributed by atoms with Gasteiger partial charge in [0.25, 0.3) is 0 Å². The van der Waals surface area contributed by atoms with E-state index >= 15 is 0 Å². The number of halogens is 1. The smallest absolute Gasteiger partial charge is 0.239 e. The Hall–Kier alpha value is -0.810. The van der Waals surface area contributed by atoms with Crippen molar-refractivity contribution in [2.45, 2.75) is 53.5 Å². The first-order valence-electron chi connectivity index (χ1n) is 6.78. The van der Waals surface area contributed by atoms with E-state index in [1.54, 1.807) is 0 Å². The van der Waals surface area contributed by atoms with E-state index in [0.717, 1.165) is 0 Å². The normalized spacial score (nSPS) is 14.2. The molecule has 1 unspecified atom stereocenters. The highest BCUT2D eigenvalue weighted by molar-refractivity contribution is 5.85. The van der Waals surface area contributed by atoms with Gasteiger partial charge in [-0.05, 0) is 18.3 Å². The number of nitrogens with two attached hydrogens (primary N) is 1. The van der Waals surface area contributed by atoms with Crippen molar-refractivity contribution in [1.82, 2.24) is 10.6 Å². The largest absolute Gasteiger partial charge is 0.348 e. The molecule has 0 rings (SSSR count). The van der Waals surface area contributed by atoms with Gasteiger partial charge in [0.1, 0.15) is 0 Å². The van der Waals surface area contributed by atoms with Crippen molar-refractivity contribution in [3.63, 3.8) is 0 Å². The molecule has 0 aliphatic carbocycles. The Morgan fingerprint density at radius 3 is 1.95 bits per heavy atom. The minimum Gasteiger partial charge on any atom is -0.348 e. The lowest BCUT2D eigenvalue weighted by Gasteiger charge is -2.33. The van der Waals surface area contributed by atoms with E-state index < -0.39 is 5.54 Å². The van der Waals surface area contributed by atoms with Crippen molar-refractivity contribution in [2.75, 3.05) is 13.1 Å². The average molecular weight is 308 g/mol. The molecule has 0 bridgehead atoms. The first kappa shape index (κ1) is 21.5. The summed E-state index contributed by atoms with van der Waals surface area (Å²) in [6.45, 7) is 12.2. The van der Waals surface area contributed by atoms with E-state index in [4.69, 9.17) is 5.73 Å². The molecule has 6 heteroatoms. The number of carbonyl (C=O) groups excluding carboxylic acids is 2. The monoisotopic (exact) mass is 307 g/mol. The van der Waals surface area contributed by atoms with Crippen molar-refractivity contribution in [2.24, 2.45) is 17.1 Å². The summed E-state index contributed by atoms with van der Waals surface area (Å²) in [7, 11) is 0. The number of hydrogen-bond donors (Lipinski definition) is 3. The molecule has 20 heavy (non-hydrogen) atoms. The van der Waals surface area contributed by atoms with Crippen LogP contribution in [-0.4, -0.2) is 30.4 Å². The molecule has 0 spiro atoms. The highest BCUT2D eigenvalue weighted by Gasteiger charge is 2.28. The maximum atomic E-state index is 11.8. The predicted octanol–water partition coefficient (Wildman–Crippen LogP) is 1.45. The molecule has 1 atom stereocenters. The van der Waals surface area contributed by atoms with Crippen LogP contribution in [0, 0.1) is 11.3 Å². The molecule has 4 N–H and O–H groups in total. The van der Waals surface area contributed by atoms with E-state index in [2.05, 4.69) is 10.6 Å². The highest BCUT2D eigenvalue weighted by atomic mass is 35.5. The van der Waals surface area contributed by atoms with E-state index in [0.29, 0.717) is 13.0 Å². The van der Waals surface area contributed by atoms with Gasteiger partial charge in [-0.25, -0.2) is 0 Å².